The number of carbonyl (C=O) groups excluding carboxylic acids is 1. The van der Waals surface area contributed by atoms with Crippen LogP contribution >= 0.6 is 0 Å². The van der Waals surface area contributed by atoms with Crippen LogP contribution in [0.5, 0.6) is 0 Å². The highest BCUT2D eigenvalue weighted by Crippen LogP contribution is 2.63. The van der Waals surface area contributed by atoms with Crippen LogP contribution in [0.2, 0.25) is 0 Å². The van der Waals surface area contributed by atoms with Gasteiger partial charge in [0.15, 0.2) is 0 Å². The quantitative estimate of drug-likeness (QED) is 0.670. The second-order valence-corrected chi connectivity index (χ2v) is 9.09. The van der Waals surface area contributed by atoms with Gasteiger partial charge >= 0.3 is 5.97 Å². The minimum atomic E-state index is -0.491. The predicted molar refractivity (Wildman–Crippen MR) is 90.0 cm³/mol. The average Bonchev–Trinajstić information content (AvgIpc) is 2.80. The van der Waals surface area contributed by atoms with Crippen LogP contribution in [-0.2, 0) is 9.53 Å². The first kappa shape index (κ1) is 16.3. The van der Waals surface area contributed by atoms with E-state index in [2.05, 4.69) is 20.8 Å². The van der Waals surface area contributed by atoms with E-state index in [1.165, 1.54) is 0 Å². The number of ether oxygens (including phenoxy) is 1. The van der Waals surface area contributed by atoms with Crippen LogP contribution in [0.15, 0.2) is 22.8 Å². The van der Waals surface area contributed by atoms with E-state index in [0.29, 0.717) is 12.0 Å². The normalized spacial score (nSPS) is 46.7. The molecule has 1 heterocycles. The minimum absolute atomic E-state index is 0.0300. The highest BCUT2D eigenvalue weighted by atomic mass is 16.5. The fourth-order valence-electron chi connectivity index (χ4n) is 6.05. The Labute approximate surface area is 143 Å². The molecule has 0 unspecified atom stereocenters. The topological polar surface area (TPSA) is 66.8 Å². The summed E-state index contributed by atoms with van der Waals surface area (Å²) >= 11 is 0. The first-order valence-electron chi connectivity index (χ1n) is 9.15. The molecule has 24 heavy (non-hydrogen) atoms. The summed E-state index contributed by atoms with van der Waals surface area (Å²) in [4.78, 5) is 11.9. The van der Waals surface area contributed by atoms with Crippen LogP contribution in [0.25, 0.3) is 0 Å². The van der Waals surface area contributed by atoms with E-state index in [-0.39, 0.29) is 40.8 Å². The number of esters is 1. The van der Waals surface area contributed by atoms with E-state index in [1.807, 2.05) is 13.0 Å². The minimum Gasteiger partial charge on any atom is -0.454 e. The molecule has 0 aromatic rings. The molecule has 132 valence electrons. The van der Waals surface area contributed by atoms with Crippen molar-refractivity contribution in [2.24, 2.45) is 22.7 Å². The van der Waals surface area contributed by atoms with Gasteiger partial charge in [-0.15, -0.1) is 0 Å². The Hall–Kier alpha value is -1.13. The van der Waals surface area contributed by atoms with Crippen molar-refractivity contribution in [2.45, 2.75) is 71.7 Å². The molecule has 0 amide bonds. The SMILES string of the molecule is CC1=C2C=C3[C@@H](C[C@H]2OC1=O)[C@]1(C)CC[C@@H](O)C(C)(C)[C@H]1C[C@@H]3O. The second kappa shape index (κ2) is 4.95. The fourth-order valence-corrected chi connectivity index (χ4v) is 6.05. The van der Waals surface area contributed by atoms with Gasteiger partial charge < -0.3 is 14.9 Å². The third-order valence-corrected chi connectivity index (χ3v) is 7.66. The zero-order chi connectivity index (χ0) is 17.4. The van der Waals surface area contributed by atoms with Crippen LogP contribution in [0.1, 0.15) is 53.4 Å². The molecule has 2 fully saturated rings. The van der Waals surface area contributed by atoms with E-state index in [0.717, 1.165) is 30.4 Å². The van der Waals surface area contributed by atoms with Gasteiger partial charge in [0.1, 0.15) is 6.10 Å². The number of hydrogen-bond donors (Lipinski definition) is 2. The zero-order valence-electron chi connectivity index (χ0n) is 15.0. The molecule has 0 saturated heterocycles. The Morgan fingerprint density at radius 2 is 1.92 bits per heavy atom. The number of aliphatic hydroxyl groups is 2. The summed E-state index contributed by atoms with van der Waals surface area (Å²) in [5.41, 5.74) is 2.54. The van der Waals surface area contributed by atoms with Gasteiger partial charge in [0, 0.05) is 11.1 Å². The summed E-state index contributed by atoms with van der Waals surface area (Å²) in [6.45, 7) is 8.40. The first-order chi connectivity index (χ1) is 11.2. The zero-order valence-corrected chi connectivity index (χ0v) is 15.0. The molecular weight excluding hydrogens is 304 g/mol. The van der Waals surface area contributed by atoms with Crippen LogP contribution in [0, 0.1) is 22.7 Å². The maximum absolute atomic E-state index is 11.9. The van der Waals surface area contributed by atoms with Gasteiger partial charge in [-0.2, -0.15) is 0 Å². The highest BCUT2D eigenvalue weighted by Gasteiger charge is 2.59. The molecule has 4 aliphatic rings. The molecule has 3 aliphatic carbocycles. The fraction of sp³-hybridized carbons (Fsp3) is 0.750. The molecule has 2 saturated carbocycles. The predicted octanol–water partition coefficient (Wildman–Crippen LogP) is 2.74. The van der Waals surface area contributed by atoms with Crippen molar-refractivity contribution in [2.75, 3.05) is 0 Å². The Balaban J connectivity index is 1.78. The van der Waals surface area contributed by atoms with Crippen LogP contribution in [-0.4, -0.2) is 34.5 Å². The highest BCUT2D eigenvalue weighted by molar-refractivity contribution is 5.92. The molecule has 0 spiro atoms. The Kier molecular flexibility index (Phi) is 3.37. The summed E-state index contributed by atoms with van der Waals surface area (Å²) in [6.07, 6.45) is 4.28. The molecule has 0 aromatic carbocycles. The van der Waals surface area contributed by atoms with Crippen LogP contribution in [0.4, 0.5) is 0 Å². The lowest BCUT2D eigenvalue weighted by Crippen LogP contribution is -2.58. The summed E-state index contributed by atoms with van der Waals surface area (Å²) in [5, 5.41) is 21.4. The van der Waals surface area contributed by atoms with Crippen LogP contribution < -0.4 is 0 Å². The smallest absolute Gasteiger partial charge is 0.334 e. The Bertz CT molecular complexity index is 659. The number of carbonyl (C=O) groups is 1. The maximum Gasteiger partial charge on any atom is 0.334 e. The van der Waals surface area contributed by atoms with Crippen molar-refractivity contribution in [3.63, 3.8) is 0 Å². The summed E-state index contributed by atoms with van der Waals surface area (Å²) in [7, 11) is 0. The van der Waals surface area contributed by atoms with E-state index < -0.39 is 6.10 Å². The van der Waals surface area contributed by atoms with E-state index in [9.17, 15) is 15.0 Å². The molecular formula is C20H28O4. The van der Waals surface area contributed by atoms with Gasteiger partial charge in [-0.05, 0) is 60.8 Å². The van der Waals surface area contributed by atoms with Gasteiger partial charge in [0.2, 0.25) is 0 Å². The van der Waals surface area contributed by atoms with Gasteiger partial charge in [-0.3, -0.25) is 0 Å². The molecule has 4 heteroatoms. The molecule has 0 aromatic heterocycles. The monoisotopic (exact) mass is 332 g/mol. The molecule has 0 radical (unpaired) electrons. The number of aliphatic hydroxyl groups excluding tert-OH is 2. The number of rotatable bonds is 0. The van der Waals surface area contributed by atoms with E-state index in [1.54, 1.807) is 0 Å². The lowest BCUT2D eigenvalue weighted by Gasteiger charge is -2.61. The van der Waals surface area contributed by atoms with Crippen molar-refractivity contribution in [1.29, 1.82) is 0 Å². The second-order valence-electron chi connectivity index (χ2n) is 9.09. The Morgan fingerprint density at radius 1 is 1.21 bits per heavy atom. The summed E-state index contributed by atoms with van der Waals surface area (Å²) < 4.78 is 5.57. The third kappa shape index (κ3) is 1.96. The molecule has 1 aliphatic heterocycles. The third-order valence-electron chi connectivity index (χ3n) is 7.66. The van der Waals surface area contributed by atoms with Gasteiger partial charge in [0.25, 0.3) is 0 Å². The largest absolute Gasteiger partial charge is 0.454 e. The van der Waals surface area contributed by atoms with Crippen LogP contribution in [0.3, 0.4) is 0 Å². The lowest BCUT2D eigenvalue weighted by atomic mass is 9.45. The van der Waals surface area contributed by atoms with Crippen molar-refractivity contribution in [3.8, 4) is 0 Å². The molecule has 2 N–H and O–H groups in total. The molecule has 4 nitrogen and oxygen atoms in total. The number of fused-ring (bicyclic) bond motifs is 4. The average molecular weight is 332 g/mol. The summed E-state index contributed by atoms with van der Waals surface area (Å²) in [6, 6.07) is 0. The van der Waals surface area contributed by atoms with Crippen molar-refractivity contribution >= 4 is 5.97 Å². The van der Waals surface area contributed by atoms with Gasteiger partial charge in [-0.1, -0.05) is 26.8 Å². The Morgan fingerprint density at radius 3 is 2.62 bits per heavy atom. The molecule has 4 rings (SSSR count). The van der Waals surface area contributed by atoms with Gasteiger partial charge in [-0.25, -0.2) is 4.79 Å². The summed E-state index contributed by atoms with van der Waals surface area (Å²) in [5.74, 6) is 0.251. The molecule has 0 bridgehead atoms. The van der Waals surface area contributed by atoms with Crippen molar-refractivity contribution < 1.29 is 19.7 Å². The van der Waals surface area contributed by atoms with E-state index in [4.69, 9.17) is 4.74 Å². The molecule has 6 atom stereocenters. The standard InChI is InChI=1S/C20H28O4/c1-10-11-7-12-13(8-15(11)24-18(10)23)20(4)6-5-17(22)19(2,3)16(20)9-14(12)21/h7,13-17,21-22H,5-6,8-9H2,1-4H3/t13-,14+,15-,16-,17-,20+/m1/s1. The lowest BCUT2D eigenvalue weighted by molar-refractivity contribution is -0.151. The van der Waals surface area contributed by atoms with Crippen molar-refractivity contribution in [1.82, 2.24) is 0 Å². The number of hydrogen-bond acceptors (Lipinski definition) is 4. The van der Waals surface area contributed by atoms with E-state index >= 15 is 0 Å². The first-order valence-corrected chi connectivity index (χ1v) is 9.15. The maximum atomic E-state index is 11.9. The van der Waals surface area contributed by atoms with Crippen molar-refractivity contribution in [3.05, 3.63) is 22.8 Å². The van der Waals surface area contributed by atoms with Gasteiger partial charge in [0.05, 0.1) is 12.2 Å².